The van der Waals surface area contributed by atoms with Gasteiger partial charge in [-0.05, 0) is 41.3 Å². The second-order valence-corrected chi connectivity index (χ2v) is 10.4. The van der Waals surface area contributed by atoms with Crippen molar-refractivity contribution in [2.24, 2.45) is 0 Å². The highest BCUT2D eigenvalue weighted by Gasteiger charge is 2.38. The number of halogens is 3. The molecule has 0 bridgehead atoms. The molecule has 0 saturated carbocycles. The number of benzene rings is 1. The van der Waals surface area contributed by atoms with Crippen LogP contribution in [0.3, 0.4) is 0 Å². The first-order valence-corrected chi connectivity index (χ1v) is 12.9. The van der Waals surface area contributed by atoms with Crippen LogP contribution < -0.4 is 0 Å². The molecule has 38 heavy (non-hydrogen) atoms. The van der Waals surface area contributed by atoms with Crippen LogP contribution in [-0.2, 0) is 6.54 Å². The summed E-state index contributed by atoms with van der Waals surface area (Å²) in [6.07, 6.45) is 4.77. The van der Waals surface area contributed by atoms with E-state index in [2.05, 4.69) is 25.1 Å². The summed E-state index contributed by atoms with van der Waals surface area (Å²) < 4.78 is 43.3. The summed E-state index contributed by atoms with van der Waals surface area (Å²) in [4.78, 5) is 19.5. The molecule has 1 aromatic carbocycles. The van der Waals surface area contributed by atoms with Gasteiger partial charge in [0.25, 0.3) is 5.92 Å². The van der Waals surface area contributed by atoms with E-state index in [0.717, 1.165) is 21.7 Å². The number of rotatable bonds is 5. The summed E-state index contributed by atoms with van der Waals surface area (Å²) in [6.45, 7) is 0.366. The molecular weight excluding hydrogens is 511 g/mol. The van der Waals surface area contributed by atoms with Crippen LogP contribution in [0.2, 0.25) is 0 Å². The smallest absolute Gasteiger partial charge is 0.261 e. The fourth-order valence-corrected chi connectivity index (χ4v) is 5.75. The molecule has 11 heteroatoms. The van der Waals surface area contributed by atoms with Crippen molar-refractivity contribution in [3.63, 3.8) is 0 Å². The number of pyridine rings is 2. The lowest BCUT2D eigenvalue weighted by atomic mass is 10.0. The zero-order valence-electron chi connectivity index (χ0n) is 19.9. The van der Waals surface area contributed by atoms with E-state index in [-0.39, 0.29) is 13.0 Å². The van der Waals surface area contributed by atoms with Crippen molar-refractivity contribution in [3.05, 3.63) is 71.7 Å². The highest BCUT2D eigenvalue weighted by Crippen LogP contribution is 2.36. The molecule has 2 N–H and O–H groups in total. The van der Waals surface area contributed by atoms with Crippen molar-refractivity contribution in [2.75, 3.05) is 13.1 Å². The Hall–Kier alpha value is -4.09. The normalized spacial score (nSPS) is 15.7. The molecule has 0 spiro atoms. The lowest BCUT2D eigenvalue weighted by Gasteiger charge is -2.16. The van der Waals surface area contributed by atoms with Gasteiger partial charge < -0.3 is 4.98 Å². The van der Waals surface area contributed by atoms with Crippen LogP contribution in [0.1, 0.15) is 12.0 Å². The number of likely N-dealkylation sites (tertiary alicyclic amines) is 1. The molecule has 0 unspecified atom stereocenters. The maximum Gasteiger partial charge on any atom is 0.261 e. The molecule has 7 rings (SSSR count). The number of fused-ring (bicyclic) bond motifs is 2. The van der Waals surface area contributed by atoms with Crippen molar-refractivity contribution in [3.8, 4) is 33.2 Å². The van der Waals surface area contributed by atoms with Gasteiger partial charge >= 0.3 is 0 Å². The van der Waals surface area contributed by atoms with E-state index in [9.17, 15) is 8.78 Å². The number of thiophene rings is 1. The van der Waals surface area contributed by atoms with Gasteiger partial charge in [0, 0.05) is 49.2 Å². The molecule has 5 aromatic heterocycles. The standard InChI is InChI=1S/C27H20F3N7S/c28-22-17(16-10-15(11-31-12-16)13-37-8-6-27(29,30)14-37)3-4-18-21(22)25(36-35-18)26-33-19-5-7-32-24(23(19)34-26)20-2-1-9-38-20/h1-5,7,9-12H,6,8,13-14H2,(H,33,34)(H,35,36). The van der Waals surface area contributed by atoms with Gasteiger partial charge in [-0.25, -0.2) is 18.2 Å². The molecule has 0 amide bonds. The molecule has 1 saturated heterocycles. The predicted octanol–water partition coefficient (Wildman–Crippen LogP) is 6.27. The molecule has 7 nitrogen and oxygen atoms in total. The summed E-state index contributed by atoms with van der Waals surface area (Å²) >= 11 is 1.57. The Balaban J connectivity index is 1.28. The monoisotopic (exact) mass is 531 g/mol. The third-order valence-electron chi connectivity index (χ3n) is 6.81. The van der Waals surface area contributed by atoms with Gasteiger partial charge in [0.15, 0.2) is 5.82 Å². The maximum absolute atomic E-state index is 16.1. The Morgan fingerprint density at radius 3 is 2.82 bits per heavy atom. The minimum atomic E-state index is -2.67. The van der Waals surface area contributed by atoms with E-state index >= 15 is 4.39 Å². The Labute approximate surface area is 218 Å². The zero-order valence-corrected chi connectivity index (χ0v) is 20.7. The Kier molecular flexibility index (Phi) is 5.31. The van der Waals surface area contributed by atoms with Crippen LogP contribution in [0.25, 0.3) is 55.2 Å². The van der Waals surface area contributed by atoms with Crippen LogP contribution in [0.5, 0.6) is 0 Å². The lowest BCUT2D eigenvalue weighted by molar-refractivity contribution is 0.0115. The number of hydrogen-bond acceptors (Lipinski definition) is 6. The minimum absolute atomic E-state index is 0.151. The van der Waals surface area contributed by atoms with Gasteiger partial charge in [0.2, 0.25) is 0 Å². The molecule has 0 radical (unpaired) electrons. The number of nitrogens with zero attached hydrogens (tertiary/aromatic N) is 5. The van der Waals surface area contributed by atoms with E-state index in [0.29, 0.717) is 52.2 Å². The third kappa shape index (κ3) is 3.95. The molecule has 6 heterocycles. The summed E-state index contributed by atoms with van der Waals surface area (Å²) in [6, 6.07) is 11.0. The van der Waals surface area contributed by atoms with E-state index in [1.165, 1.54) is 0 Å². The maximum atomic E-state index is 16.1. The van der Waals surface area contributed by atoms with Gasteiger partial charge in [-0.15, -0.1) is 11.3 Å². The second kappa shape index (κ2) is 8.74. The summed E-state index contributed by atoms with van der Waals surface area (Å²) in [5.41, 5.74) is 4.75. The quantitative estimate of drug-likeness (QED) is 0.274. The van der Waals surface area contributed by atoms with Crippen LogP contribution in [-0.4, -0.2) is 54.0 Å². The molecule has 1 fully saturated rings. The number of aromatic nitrogens is 6. The molecule has 1 aliphatic rings. The SMILES string of the molecule is Fc1c(-c2cncc(CN3CCC(F)(F)C3)c2)ccc2[nH]nc(-c3nc4c(-c5cccs5)nccc4[nH]3)c12. The topological polar surface area (TPSA) is 86.4 Å². The first-order valence-electron chi connectivity index (χ1n) is 12.1. The van der Waals surface area contributed by atoms with E-state index in [1.54, 1.807) is 53.0 Å². The van der Waals surface area contributed by atoms with Crippen LogP contribution in [0.15, 0.2) is 60.4 Å². The number of nitrogens with one attached hydrogen (secondary N) is 2. The Morgan fingerprint density at radius 1 is 1.08 bits per heavy atom. The largest absolute Gasteiger partial charge is 0.336 e. The molecule has 0 aliphatic carbocycles. The number of alkyl halides is 2. The highest BCUT2D eigenvalue weighted by molar-refractivity contribution is 7.13. The molecule has 0 atom stereocenters. The Morgan fingerprint density at radius 2 is 2.00 bits per heavy atom. The van der Waals surface area contributed by atoms with Crippen LogP contribution in [0, 0.1) is 5.82 Å². The third-order valence-corrected chi connectivity index (χ3v) is 7.68. The van der Waals surface area contributed by atoms with Gasteiger partial charge in [-0.2, -0.15) is 5.10 Å². The molecular formula is C27H20F3N7S. The zero-order chi connectivity index (χ0) is 25.9. The lowest BCUT2D eigenvalue weighted by Crippen LogP contribution is -2.24. The average molecular weight is 532 g/mol. The summed E-state index contributed by atoms with van der Waals surface area (Å²) in [5.74, 6) is -2.71. The van der Waals surface area contributed by atoms with Gasteiger partial charge in [0.1, 0.15) is 22.7 Å². The highest BCUT2D eigenvalue weighted by atomic mass is 32.1. The minimum Gasteiger partial charge on any atom is -0.336 e. The van der Waals surface area contributed by atoms with E-state index in [4.69, 9.17) is 4.98 Å². The fraction of sp³-hybridized carbons (Fsp3) is 0.185. The van der Waals surface area contributed by atoms with Gasteiger partial charge in [0.05, 0.1) is 27.8 Å². The summed E-state index contributed by atoms with van der Waals surface area (Å²) in [7, 11) is 0. The molecule has 6 aromatic rings. The predicted molar refractivity (Wildman–Crippen MR) is 140 cm³/mol. The van der Waals surface area contributed by atoms with E-state index < -0.39 is 11.7 Å². The number of hydrogen-bond donors (Lipinski definition) is 2. The van der Waals surface area contributed by atoms with Crippen LogP contribution in [0.4, 0.5) is 13.2 Å². The first-order chi connectivity index (χ1) is 18.4. The van der Waals surface area contributed by atoms with Crippen molar-refractivity contribution in [1.29, 1.82) is 0 Å². The van der Waals surface area contributed by atoms with Gasteiger partial charge in [-0.3, -0.25) is 20.0 Å². The van der Waals surface area contributed by atoms with Crippen molar-refractivity contribution in [2.45, 2.75) is 18.9 Å². The van der Waals surface area contributed by atoms with Crippen molar-refractivity contribution < 1.29 is 13.2 Å². The van der Waals surface area contributed by atoms with Crippen LogP contribution >= 0.6 is 11.3 Å². The fourth-order valence-electron chi connectivity index (χ4n) is 5.03. The number of imidazole rings is 1. The molecule has 190 valence electrons. The summed E-state index contributed by atoms with van der Waals surface area (Å²) in [5, 5.41) is 9.56. The molecule has 1 aliphatic heterocycles. The average Bonchev–Trinajstić information content (AvgIpc) is 3.70. The van der Waals surface area contributed by atoms with Crippen molar-refractivity contribution in [1.82, 2.24) is 35.0 Å². The van der Waals surface area contributed by atoms with E-state index in [1.807, 2.05) is 23.6 Å². The Bertz CT molecular complexity index is 1790. The number of H-pyrrole nitrogens is 2. The first kappa shape index (κ1) is 23.1. The van der Waals surface area contributed by atoms with Gasteiger partial charge in [-0.1, -0.05) is 6.07 Å². The van der Waals surface area contributed by atoms with Crippen molar-refractivity contribution >= 4 is 33.3 Å². The second-order valence-electron chi connectivity index (χ2n) is 9.44. The number of aromatic amines is 2.